The van der Waals surface area contributed by atoms with Crippen LogP contribution in [-0.2, 0) is 15.8 Å². The van der Waals surface area contributed by atoms with Crippen LogP contribution in [0.25, 0.3) is 0 Å². The highest BCUT2D eigenvalue weighted by molar-refractivity contribution is 6.74. The Kier molecular flexibility index (Phi) is 8.33. The lowest BCUT2D eigenvalue weighted by Gasteiger charge is -2.42. The molecule has 1 aromatic carbocycles. The van der Waals surface area contributed by atoms with Crippen molar-refractivity contribution in [2.75, 3.05) is 0 Å². The molecule has 1 aliphatic rings. The minimum Gasteiger partial charge on any atom is -0.411 e. The van der Waals surface area contributed by atoms with Crippen molar-refractivity contribution in [1.82, 2.24) is 0 Å². The third-order valence-electron chi connectivity index (χ3n) is 6.43. The molecule has 0 aliphatic heterocycles. The lowest BCUT2D eigenvalue weighted by molar-refractivity contribution is -0.0237. The number of benzene rings is 1. The molecule has 0 bridgehead atoms. The lowest BCUT2D eigenvalue weighted by atomic mass is 9.84. The monoisotopic (exact) mass is 388 g/mol. The summed E-state index contributed by atoms with van der Waals surface area (Å²) in [6.45, 7) is 16.3. The van der Waals surface area contributed by atoms with Gasteiger partial charge >= 0.3 is 0 Å². The molecule has 0 spiro atoms. The average Bonchev–Trinajstić information content (AvgIpc) is 2.62. The number of hydrogen-bond acceptors (Lipinski definition) is 2. The molecule has 0 N–H and O–H groups in total. The van der Waals surface area contributed by atoms with E-state index in [1.807, 2.05) is 12.1 Å². The molecule has 0 saturated heterocycles. The van der Waals surface area contributed by atoms with E-state index < -0.39 is 8.32 Å². The smallest absolute Gasteiger partial charge is 0.192 e. The van der Waals surface area contributed by atoms with Crippen LogP contribution in [0, 0.1) is 5.92 Å². The normalized spacial score (nSPS) is 18.9. The zero-order valence-corrected chi connectivity index (χ0v) is 19.2. The molecule has 27 heavy (non-hydrogen) atoms. The van der Waals surface area contributed by atoms with Crippen LogP contribution in [0.2, 0.25) is 18.1 Å². The largest absolute Gasteiger partial charge is 0.411 e. The van der Waals surface area contributed by atoms with Crippen LogP contribution in [0.15, 0.2) is 43.0 Å². The molecule has 2 nitrogen and oxygen atoms in total. The second-order valence-corrected chi connectivity index (χ2v) is 14.4. The van der Waals surface area contributed by atoms with Crippen molar-refractivity contribution < 1.29 is 9.16 Å². The number of ether oxygens (including phenoxy) is 1. The van der Waals surface area contributed by atoms with E-state index in [0.29, 0.717) is 6.61 Å². The third-order valence-corrected chi connectivity index (χ3v) is 10.9. The van der Waals surface area contributed by atoms with Gasteiger partial charge in [-0.3, -0.25) is 0 Å². The molecule has 152 valence electrons. The van der Waals surface area contributed by atoms with Gasteiger partial charge in [-0.15, -0.1) is 6.58 Å². The predicted molar refractivity (Wildman–Crippen MR) is 118 cm³/mol. The first-order valence-electron chi connectivity index (χ1n) is 10.7. The van der Waals surface area contributed by atoms with Crippen LogP contribution in [0.3, 0.4) is 0 Å². The van der Waals surface area contributed by atoms with Crippen LogP contribution < -0.4 is 0 Å². The van der Waals surface area contributed by atoms with Gasteiger partial charge in [-0.2, -0.15) is 0 Å². The van der Waals surface area contributed by atoms with Crippen molar-refractivity contribution >= 4 is 8.32 Å². The van der Waals surface area contributed by atoms with Gasteiger partial charge < -0.3 is 9.16 Å². The molecule has 1 fully saturated rings. The maximum atomic E-state index is 6.89. The Hall–Kier alpha value is -0.903. The summed E-state index contributed by atoms with van der Waals surface area (Å²) < 4.78 is 13.2. The summed E-state index contributed by atoms with van der Waals surface area (Å²) in [5.74, 6) is 0.760. The van der Waals surface area contributed by atoms with E-state index in [1.54, 1.807) is 0 Å². The van der Waals surface area contributed by atoms with Crippen molar-refractivity contribution in [2.45, 2.75) is 96.2 Å². The van der Waals surface area contributed by atoms with Crippen LogP contribution in [0.1, 0.15) is 64.9 Å². The van der Waals surface area contributed by atoms with Crippen molar-refractivity contribution in [3.8, 4) is 0 Å². The van der Waals surface area contributed by atoms with Gasteiger partial charge in [0.1, 0.15) is 6.10 Å². The van der Waals surface area contributed by atoms with Gasteiger partial charge in [-0.1, -0.05) is 89.3 Å². The van der Waals surface area contributed by atoms with E-state index in [0.717, 1.165) is 12.3 Å². The van der Waals surface area contributed by atoms with E-state index in [1.165, 1.54) is 37.7 Å². The number of rotatable bonds is 9. The van der Waals surface area contributed by atoms with E-state index in [2.05, 4.69) is 64.7 Å². The maximum absolute atomic E-state index is 6.89. The molecule has 1 aromatic rings. The fourth-order valence-electron chi connectivity index (χ4n) is 3.65. The quantitative estimate of drug-likeness (QED) is 0.331. The molecule has 0 heterocycles. The Morgan fingerprint density at radius 3 is 2.30 bits per heavy atom. The molecule has 0 radical (unpaired) electrons. The Morgan fingerprint density at radius 1 is 1.11 bits per heavy atom. The van der Waals surface area contributed by atoms with Gasteiger partial charge in [0.25, 0.3) is 0 Å². The molecule has 2 rings (SSSR count). The summed E-state index contributed by atoms with van der Waals surface area (Å²) in [6.07, 6.45) is 9.89. The maximum Gasteiger partial charge on any atom is 0.192 e. The summed E-state index contributed by atoms with van der Waals surface area (Å²) in [5, 5.41) is 0.197. The average molecular weight is 389 g/mol. The molecule has 3 heteroatoms. The van der Waals surface area contributed by atoms with E-state index in [-0.39, 0.29) is 17.2 Å². The minimum absolute atomic E-state index is 0.0544. The first-order valence-corrected chi connectivity index (χ1v) is 13.6. The highest BCUT2D eigenvalue weighted by atomic mass is 28.4. The van der Waals surface area contributed by atoms with Gasteiger partial charge in [0, 0.05) is 0 Å². The Balaban J connectivity index is 2.10. The van der Waals surface area contributed by atoms with Gasteiger partial charge in [0.15, 0.2) is 8.32 Å². The second kappa shape index (κ2) is 10.0. The highest BCUT2D eigenvalue weighted by Crippen LogP contribution is 2.39. The summed E-state index contributed by atoms with van der Waals surface area (Å²) in [5.41, 5.74) is 1.20. The summed E-state index contributed by atoms with van der Waals surface area (Å²) in [4.78, 5) is 0. The number of hydrogen-bond donors (Lipinski definition) is 0. The molecule has 1 unspecified atom stereocenters. The van der Waals surface area contributed by atoms with E-state index in [9.17, 15) is 0 Å². The molecule has 0 amide bonds. The SMILES string of the molecule is C=C[C@H](OCc1ccccc1)C(CC1CCCCC1)O[Si](C)(C)C(C)(C)C. The van der Waals surface area contributed by atoms with Crippen molar-refractivity contribution in [2.24, 2.45) is 5.92 Å². The molecular weight excluding hydrogens is 348 g/mol. The standard InChI is InChI=1S/C24H40O2Si/c1-7-22(25-19-21-16-12-9-13-17-21)23(18-20-14-10-8-11-15-20)26-27(5,6)24(2,3)4/h7,9,12-13,16-17,20,22-23H,1,8,10-11,14-15,18-19H2,2-6H3/t22-,23?/m0/s1. The highest BCUT2D eigenvalue weighted by Gasteiger charge is 2.41. The molecule has 1 aliphatic carbocycles. The summed E-state index contributed by atoms with van der Waals surface area (Å²) >= 11 is 0. The van der Waals surface area contributed by atoms with Crippen LogP contribution in [0.4, 0.5) is 0 Å². The zero-order chi connectivity index (χ0) is 19.9. The summed E-state index contributed by atoms with van der Waals surface area (Å²) in [6, 6.07) is 10.4. The Labute approximate surface area is 168 Å². The first-order chi connectivity index (χ1) is 12.7. The van der Waals surface area contributed by atoms with Gasteiger partial charge in [0.2, 0.25) is 0 Å². The van der Waals surface area contributed by atoms with Crippen LogP contribution in [0.5, 0.6) is 0 Å². The first kappa shape index (κ1) is 22.4. The minimum atomic E-state index is -1.87. The fourth-order valence-corrected chi connectivity index (χ4v) is 4.99. The van der Waals surface area contributed by atoms with E-state index in [4.69, 9.17) is 9.16 Å². The Bertz CT molecular complexity index is 555. The van der Waals surface area contributed by atoms with Crippen molar-refractivity contribution in [3.63, 3.8) is 0 Å². The lowest BCUT2D eigenvalue weighted by Crippen LogP contribution is -2.47. The van der Waals surface area contributed by atoms with Crippen LogP contribution in [-0.4, -0.2) is 20.5 Å². The second-order valence-electron chi connectivity index (χ2n) is 9.65. The Morgan fingerprint density at radius 2 is 1.74 bits per heavy atom. The van der Waals surface area contributed by atoms with Gasteiger partial charge in [0.05, 0.1) is 12.7 Å². The van der Waals surface area contributed by atoms with Crippen LogP contribution >= 0.6 is 0 Å². The van der Waals surface area contributed by atoms with Crippen molar-refractivity contribution in [3.05, 3.63) is 48.6 Å². The van der Waals surface area contributed by atoms with Crippen molar-refractivity contribution in [1.29, 1.82) is 0 Å². The molecule has 0 aromatic heterocycles. The molecule has 1 saturated carbocycles. The van der Waals surface area contributed by atoms with E-state index >= 15 is 0 Å². The van der Waals surface area contributed by atoms with Gasteiger partial charge in [-0.25, -0.2) is 0 Å². The predicted octanol–water partition coefficient (Wildman–Crippen LogP) is 7.12. The summed E-state index contributed by atoms with van der Waals surface area (Å²) in [7, 11) is -1.87. The molecule has 2 atom stereocenters. The zero-order valence-electron chi connectivity index (χ0n) is 18.2. The fraction of sp³-hybridized carbons (Fsp3) is 0.667. The molecular formula is C24H40O2Si. The topological polar surface area (TPSA) is 18.5 Å². The van der Waals surface area contributed by atoms with Gasteiger partial charge in [-0.05, 0) is 36.0 Å². The third kappa shape index (κ3) is 6.89.